The van der Waals surface area contributed by atoms with E-state index in [9.17, 15) is 4.79 Å². The van der Waals surface area contributed by atoms with E-state index in [1.165, 1.54) is 0 Å². The lowest BCUT2D eigenvalue weighted by Gasteiger charge is -2.05. The zero-order chi connectivity index (χ0) is 18.6. The van der Waals surface area contributed by atoms with E-state index in [0.29, 0.717) is 16.5 Å². The number of rotatable bonds is 5. The summed E-state index contributed by atoms with van der Waals surface area (Å²) in [7, 11) is 0. The van der Waals surface area contributed by atoms with Crippen LogP contribution in [0.1, 0.15) is 16.2 Å². The molecule has 4 aromatic rings. The molecule has 0 bridgehead atoms. The second-order valence-electron chi connectivity index (χ2n) is 5.72. The molecule has 0 spiro atoms. The Morgan fingerprint density at radius 3 is 2.41 bits per heavy atom. The number of esters is 1. The highest BCUT2D eigenvalue weighted by Crippen LogP contribution is 2.20. The van der Waals surface area contributed by atoms with E-state index in [2.05, 4.69) is 10.2 Å². The van der Waals surface area contributed by atoms with Gasteiger partial charge in [-0.15, -0.1) is 10.2 Å². The molecule has 4 rings (SSSR count). The smallest absolute Gasteiger partial charge is 0.338 e. The van der Waals surface area contributed by atoms with Crippen LogP contribution in [0.25, 0.3) is 17.1 Å². The van der Waals surface area contributed by atoms with Gasteiger partial charge in [-0.3, -0.25) is 0 Å². The molecule has 0 aliphatic rings. The number of carbonyl (C=O) groups is 1. The van der Waals surface area contributed by atoms with Gasteiger partial charge < -0.3 is 13.7 Å². The maximum atomic E-state index is 12.2. The number of carbonyl (C=O) groups excluding carboxylic acids is 1. The first-order valence-electron chi connectivity index (χ1n) is 8.18. The maximum absolute atomic E-state index is 12.2. The Morgan fingerprint density at radius 1 is 1.00 bits per heavy atom. The Hall–Kier alpha value is -3.38. The van der Waals surface area contributed by atoms with Crippen LogP contribution in [0.5, 0.6) is 0 Å². The minimum atomic E-state index is -0.458. The molecule has 2 aromatic heterocycles. The van der Waals surface area contributed by atoms with E-state index in [1.807, 2.05) is 41.2 Å². The molecule has 0 N–H and O–H groups in total. The van der Waals surface area contributed by atoms with Crippen LogP contribution in [0.15, 0.2) is 77.5 Å². The molecular formula is C20H14ClN3O3. The van der Waals surface area contributed by atoms with Crippen molar-refractivity contribution >= 4 is 17.6 Å². The van der Waals surface area contributed by atoms with Gasteiger partial charge in [-0.1, -0.05) is 11.6 Å². The van der Waals surface area contributed by atoms with Gasteiger partial charge in [-0.25, -0.2) is 4.79 Å². The largest absolute Gasteiger partial charge is 0.452 e. The van der Waals surface area contributed by atoms with E-state index in [-0.39, 0.29) is 12.5 Å². The number of nitrogens with zero attached hydrogens (tertiary/aromatic N) is 3. The molecule has 6 nitrogen and oxygen atoms in total. The number of halogens is 1. The predicted molar refractivity (Wildman–Crippen MR) is 99.6 cm³/mol. The van der Waals surface area contributed by atoms with Crippen molar-refractivity contribution in [2.45, 2.75) is 6.61 Å². The fraction of sp³-hybridized carbons (Fsp3) is 0.0500. The van der Waals surface area contributed by atoms with Crippen LogP contribution in [0.2, 0.25) is 5.02 Å². The standard InChI is InChI=1S/C20H14ClN3O3/c21-16-7-3-14(4-8-16)19-23-22-18(27-19)13-26-20(25)15-5-9-17(10-6-15)24-11-1-2-12-24/h1-12H,13H2. The van der Waals surface area contributed by atoms with Crippen molar-refractivity contribution in [1.82, 2.24) is 14.8 Å². The summed E-state index contributed by atoms with van der Waals surface area (Å²) in [6, 6.07) is 18.0. The molecule has 0 atom stereocenters. The van der Waals surface area contributed by atoms with Crippen LogP contribution >= 0.6 is 11.6 Å². The van der Waals surface area contributed by atoms with E-state index in [1.54, 1.807) is 36.4 Å². The predicted octanol–water partition coefficient (Wildman–Crippen LogP) is 4.54. The highest BCUT2D eigenvalue weighted by Gasteiger charge is 2.12. The summed E-state index contributed by atoms with van der Waals surface area (Å²) in [6.45, 7) is -0.0984. The average Bonchev–Trinajstić information content (AvgIpc) is 3.39. The van der Waals surface area contributed by atoms with Crippen molar-refractivity contribution in [3.05, 3.63) is 89.5 Å². The van der Waals surface area contributed by atoms with Crippen LogP contribution in [-0.2, 0) is 11.3 Å². The lowest BCUT2D eigenvalue weighted by atomic mass is 10.2. The van der Waals surface area contributed by atoms with E-state index in [0.717, 1.165) is 11.3 Å². The van der Waals surface area contributed by atoms with Gasteiger partial charge in [0.15, 0.2) is 6.61 Å². The summed E-state index contributed by atoms with van der Waals surface area (Å²) < 4.78 is 12.7. The molecule has 0 saturated heterocycles. The Balaban J connectivity index is 1.38. The van der Waals surface area contributed by atoms with Crippen molar-refractivity contribution < 1.29 is 13.9 Å². The first-order chi connectivity index (χ1) is 13.2. The average molecular weight is 380 g/mol. The highest BCUT2D eigenvalue weighted by molar-refractivity contribution is 6.30. The van der Waals surface area contributed by atoms with Crippen LogP contribution in [0.4, 0.5) is 0 Å². The van der Waals surface area contributed by atoms with Crippen LogP contribution in [0, 0.1) is 0 Å². The van der Waals surface area contributed by atoms with Gasteiger partial charge in [0.25, 0.3) is 5.89 Å². The molecule has 0 fully saturated rings. The molecule has 0 unspecified atom stereocenters. The molecule has 0 radical (unpaired) electrons. The van der Waals surface area contributed by atoms with Crippen molar-refractivity contribution in [1.29, 1.82) is 0 Å². The van der Waals surface area contributed by atoms with E-state index < -0.39 is 5.97 Å². The molecule has 0 amide bonds. The molecular weight excluding hydrogens is 366 g/mol. The summed E-state index contributed by atoms with van der Waals surface area (Å²) in [5.41, 5.74) is 2.15. The molecule has 27 heavy (non-hydrogen) atoms. The molecule has 2 heterocycles. The normalized spacial score (nSPS) is 10.7. The fourth-order valence-electron chi connectivity index (χ4n) is 2.51. The number of benzene rings is 2. The van der Waals surface area contributed by atoms with Crippen LogP contribution in [-0.4, -0.2) is 20.7 Å². The second kappa shape index (κ2) is 7.47. The Morgan fingerprint density at radius 2 is 1.70 bits per heavy atom. The zero-order valence-corrected chi connectivity index (χ0v) is 14.8. The first kappa shape index (κ1) is 17.1. The van der Waals surface area contributed by atoms with E-state index >= 15 is 0 Å². The second-order valence-corrected chi connectivity index (χ2v) is 6.16. The Bertz CT molecular complexity index is 1040. The quantitative estimate of drug-likeness (QED) is 0.476. The number of aromatic nitrogens is 3. The van der Waals surface area contributed by atoms with Gasteiger partial charge in [0.2, 0.25) is 5.89 Å². The summed E-state index contributed by atoms with van der Waals surface area (Å²) in [6.07, 6.45) is 3.86. The van der Waals surface area contributed by atoms with Crippen LogP contribution in [0.3, 0.4) is 0 Å². The highest BCUT2D eigenvalue weighted by atomic mass is 35.5. The van der Waals surface area contributed by atoms with Gasteiger partial charge in [-0.2, -0.15) is 0 Å². The van der Waals surface area contributed by atoms with Gasteiger partial charge in [0.1, 0.15) is 0 Å². The third-order valence-corrected chi connectivity index (χ3v) is 4.14. The topological polar surface area (TPSA) is 70.2 Å². The van der Waals surface area contributed by atoms with Gasteiger partial charge in [0.05, 0.1) is 5.56 Å². The Kier molecular flexibility index (Phi) is 4.72. The molecule has 134 valence electrons. The van der Waals surface area contributed by atoms with Crippen molar-refractivity contribution in [2.24, 2.45) is 0 Å². The fourth-order valence-corrected chi connectivity index (χ4v) is 2.63. The van der Waals surface area contributed by atoms with Gasteiger partial charge in [0, 0.05) is 28.7 Å². The first-order valence-corrected chi connectivity index (χ1v) is 8.56. The van der Waals surface area contributed by atoms with Crippen molar-refractivity contribution in [3.63, 3.8) is 0 Å². The summed E-state index contributed by atoms with van der Waals surface area (Å²) in [5, 5.41) is 8.47. The minimum absolute atomic E-state index is 0.0984. The lowest BCUT2D eigenvalue weighted by molar-refractivity contribution is 0.0438. The third kappa shape index (κ3) is 3.91. The molecule has 0 aliphatic heterocycles. The van der Waals surface area contributed by atoms with Gasteiger partial charge >= 0.3 is 5.97 Å². The van der Waals surface area contributed by atoms with Gasteiger partial charge in [-0.05, 0) is 60.7 Å². The summed E-state index contributed by atoms with van der Waals surface area (Å²) >= 11 is 5.86. The number of hydrogen-bond acceptors (Lipinski definition) is 5. The molecule has 0 saturated carbocycles. The van der Waals surface area contributed by atoms with Crippen molar-refractivity contribution in [2.75, 3.05) is 0 Å². The molecule has 7 heteroatoms. The molecule has 0 aliphatic carbocycles. The third-order valence-electron chi connectivity index (χ3n) is 3.89. The summed E-state index contributed by atoms with van der Waals surface area (Å²) in [5.74, 6) is 0.103. The number of hydrogen-bond donors (Lipinski definition) is 0. The minimum Gasteiger partial charge on any atom is -0.452 e. The zero-order valence-electron chi connectivity index (χ0n) is 14.1. The summed E-state index contributed by atoms with van der Waals surface area (Å²) in [4.78, 5) is 12.2. The Labute approximate surface area is 160 Å². The molecule has 2 aromatic carbocycles. The van der Waals surface area contributed by atoms with Crippen molar-refractivity contribution in [3.8, 4) is 17.1 Å². The SMILES string of the molecule is O=C(OCc1nnc(-c2ccc(Cl)cc2)o1)c1ccc(-n2cccc2)cc1. The number of ether oxygens (including phenoxy) is 1. The monoisotopic (exact) mass is 379 g/mol. The van der Waals surface area contributed by atoms with Crippen LogP contribution < -0.4 is 0 Å². The lowest BCUT2D eigenvalue weighted by Crippen LogP contribution is -2.05. The van der Waals surface area contributed by atoms with E-state index in [4.69, 9.17) is 20.8 Å². The maximum Gasteiger partial charge on any atom is 0.338 e.